The average Bonchev–Trinajstić information content (AvgIpc) is 1.67. The van der Waals surface area contributed by atoms with Crippen molar-refractivity contribution >= 4 is 21.7 Å². The summed E-state index contributed by atoms with van der Waals surface area (Å²) in [5.41, 5.74) is 0. The van der Waals surface area contributed by atoms with Gasteiger partial charge in [0.15, 0.2) is 5.78 Å². The van der Waals surface area contributed by atoms with Crippen molar-refractivity contribution in [1.29, 1.82) is 5.26 Å². The molecule has 0 aliphatic rings. The molecule has 0 bridgehead atoms. The molecule has 3 heteroatoms. The number of carbonyl (C=O) groups excluding carboxylic acids is 1. The number of halogens is 1. The zero-order valence-corrected chi connectivity index (χ0v) is 6.10. The Morgan fingerprint density at radius 2 is 2.50 bits per heavy atom. The third kappa shape index (κ3) is 2.75. The van der Waals surface area contributed by atoms with Gasteiger partial charge >= 0.3 is 0 Å². The monoisotopic (exact) mass is 175 g/mol. The quantitative estimate of drug-likeness (QED) is 0.594. The summed E-state index contributed by atoms with van der Waals surface area (Å²) in [7, 11) is 0. The van der Waals surface area contributed by atoms with Crippen LogP contribution in [0.3, 0.4) is 0 Å². The molecule has 0 saturated carbocycles. The number of Topliss-reactive ketones (excluding diaryl/α,β-unsaturated/α-hetero) is 1. The molecule has 2 nitrogen and oxygen atoms in total. The van der Waals surface area contributed by atoms with Crippen molar-refractivity contribution in [2.45, 2.75) is 18.2 Å². The maximum atomic E-state index is 10.5. The van der Waals surface area contributed by atoms with Crippen molar-refractivity contribution < 1.29 is 4.79 Å². The Morgan fingerprint density at radius 1 is 2.00 bits per heavy atom. The highest BCUT2D eigenvalue weighted by Crippen LogP contribution is 2.00. The molecule has 8 heavy (non-hydrogen) atoms. The van der Waals surface area contributed by atoms with E-state index in [1.165, 1.54) is 0 Å². The number of hydrogen-bond donors (Lipinski definition) is 0. The van der Waals surface area contributed by atoms with E-state index in [9.17, 15) is 4.79 Å². The normalized spacial score (nSPS) is 12.1. The lowest BCUT2D eigenvalue weighted by molar-refractivity contribution is -0.117. The zero-order chi connectivity index (χ0) is 6.57. The molecule has 44 valence electrons. The van der Waals surface area contributed by atoms with E-state index in [1.807, 2.05) is 0 Å². The van der Waals surface area contributed by atoms with Crippen LogP contribution in [0.25, 0.3) is 0 Å². The Labute approximate surface area is 56.6 Å². The molecule has 0 spiro atoms. The van der Waals surface area contributed by atoms with Gasteiger partial charge in [-0.3, -0.25) is 4.79 Å². The van der Waals surface area contributed by atoms with E-state index >= 15 is 0 Å². The summed E-state index contributed by atoms with van der Waals surface area (Å²) in [5, 5.41) is 7.99. The Balaban J connectivity index is 3.53. The molecular formula is C5H6BrNO. The second kappa shape index (κ2) is 3.62. The van der Waals surface area contributed by atoms with E-state index in [-0.39, 0.29) is 17.0 Å². The number of ketones is 1. The molecule has 0 aromatic rings. The van der Waals surface area contributed by atoms with Gasteiger partial charge in [0.1, 0.15) is 0 Å². The molecular weight excluding hydrogens is 170 g/mol. The summed E-state index contributed by atoms with van der Waals surface area (Å²) in [6.07, 6.45) is 0.00637. The molecule has 0 rings (SSSR count). The van der Waals surface area contributed by atoms with Gasteiger partial charge in [0.05, 0.1) is 17.3 Å². The summed E-state index contributed by atoms with van der Waals surface area (Å²) >= 11 is 3.04. The number of nitriles is 1. The molecule has 1 unspecified atom stereocenters. The number of rotatable bonds is 2. The highest BCUT2D eigenvalue weighted by atomic mass is 79.9. The predicted octanol–water partition coefficient (Wildman–Crippen LogP) is 1.25. The van der Waals surface area contributed by atoms with Crippen LogP contribution in [-0.2, 0) is 4.79 Å². The highest BCUT2D eigenvalue weighted by Gasteiger charge is 2.05. The maximum absolute atomic E-state index is 10.5. The summed E-state index contributed by atoms with van der Waals surface area (Å²) < 4.78 is 0. The van der Waals surface area contributed by atoms with Crippen molar-refractivity contribution in [1.82, 2.24) is 0 Å². The first-order chi connectivity index (χ1) is 3.68. The van der Waals surface area contributed by atoms with E-state index in [4.69, 9.17) is 5.26 Å². The SMILES string of the molecule is CC(Br)C(=O)CC#N. The molecule has 0 saturated heterocycles. The lowest BCUT2D eigenvalue weighted by Gasteiger charge is -1.92. The third-order valence-electron chi connectivity index (χ3n) is 0.697. The van der Waals surface area contributed by atoms with E-state index in [2.05, 4.69) is 15.9 Å². The third-order valence-corrected chi connectivity index (χ3v) is 1.21. The average molecular weight is 176 g/mol. The topological polar surface area (TPSA) is 40.9 Å². The first-order valence-corrected chi connectivity index (χ1v) is 3.13. The van der Waals surface area contributed by atoms with Crippen LogP contribution in [0.15, 0.2) is 0 Å². The van der Waals surface area contributed by atoms with Crippen molar-refractivity contribution in [3.63, 3.8) is 0 Å². The molecule has 0 aromatic heterocycles. The Kier molecular flexibility index (Phi) is 3.46. The Bertz CT molecular complexity index is 125. The van der Waals surface area contributed by atoms with Gasteiger partial charge < -0.3 is 0 Å². The molecule has 0 fully saturated rings. The molecule has 0 radical (unpaired) electrons. The van der Waals surface area contributed by atoms with Crippen LogP contribution in [0.4, 0.5) is 0 Å². The van der Waals surface area contributed by atoms with Gasteiger partial charge in [0.25, 0.3) is 0 Å². The number of carbonyl (C=O) groups is 1. The fraction of sp³-hybridized carbons (Fsp3) is 0.600. The minimum absolute atomic E-state index is 0.00637. The first-order valence-electron chi connectivity index (χ1n) is 2.22. The largest absolute Gasteiger partial charge is 0.297 e. The van der Waals surface area contributed by atoms with Gasteiger partial charge in [-0.2, -0.15) is 5.26 Å². The molecule has 0 aliphatic carbocycles. The van der Waals surface area contributed by atoms with Crippen LogP contribution in [-0.4, -0.2) is 10.6 Å². The highest BCUT2D eigenvalue weighted by molar-refractivity contribution is 9.10. The second-order valence-electron chi connectivity index (χ2n) is 1.42. The van der Waals surface area contributed by atoms with Gasteiger partial charge in [-0.1, -0.05) is 15.9 Å². The minimum atomic E-state index is -0.179. The molecule has 1 atom stereocenters. The number of nitrogens with zero attached hydrogens (tertiary/aromatic N) is 1. The second-order valence-corrected chi connectivity index (χ2v) is 2.79. The lowest BCUT2D eigenvalue weighted by atomic mass is 10.2. The summed E-state index contributed by atoms with van der Waals surface area (Å²) in [6.45, 7) is 1.71. The van der Waals surface area contributed by atoms with Crippen LogP contribution in [0.1, 0.15) is 13.3 Å². The Morgan fingerprint density at radius 3 is 2.62 bits per heavy atom. The van der Waals surface area contributed by atoms with Gasteiger partial charge in [0.2, 0.25) is 0 Å². The smallest absolute Gasteiger partial charge is 0.160 e. The lowest BCUT2D eigenvalue weighted by Crippen LogP contribution is -2.07. The maximum Gasteiger partial charge on any atom is 0.160 e. The summed E-state index contributed by atoms with van der Waals surface area (Å²) in [6, 6.07) is 1.77. The Hall–Kier alpha value is -0.360. The van der Waals surface area contributed by atoms with E-state index < -0.39 is 0 Å². The van der Waals surface area contributed by atoms with Gasteiger partial charge in [-0.25, -0.2) is 0 Å². The van der Waals surface area contributed by atoms with Crippen LogP contribution in [0.5, 0.6) is 0 Å². The molecule has 0 heterocycles. The van der Waals surface area contributed by atoms with Gasteiger partial charge in [-0.15, -0.1) is 0 Å². The van der Waals surface area contributed by atoms with E-state index in [0.29, 0.717) is 0 Å². The molecule has 0 N–H and O–H groups in total. The first kappa shape index (κ1) is 7.64. The zero-order valence-electron chi connectivity index (χ0n) is 4.52. The summed E-state index contributed by atoms with van der Waals surface area (Å²) in [4.78, 5) is 10.3. The number of alkyl halides is 1. The predicted molar refractivity (Wildman–Crippen MR) is 33.6 cm³/mol. The van der Waals surface area contributed by atoms with Crippen LogP contribution < -0.4 is 0 Å². The van der Waals surface area contributed by atoms with Crippen molar-refractivity contribution in [3.8, 4) is 6.07 Å². The number of hydrogen-bond acceptors (Lipinski definition) is 2. The fourth-order valence-electron chi connectivity index (χ4n) is 0.219. The van der Waals surface area contributed by atoms with Crippen molar-refractivity contribution in [2.75, 3.05) is 0 Å². The van der Waals surface area contributed by atoms with Gasteiger partial charge in [0, 0.05) is 0 Å². The molecule has 0 aromatic carbocycles. The fourth-order valence-corrected chi connectivity index (χ4v) is 0.380. The standard InChI is InChI=1S/C5H6BrNO/c1-4(6)5(8)2-3-7/h4H,2H2,1H3. The van der Waals surface area contributed by atoms with Crippen LogP contribution in [0, 0.1) is 11.3 Å². The van der Waals surface area contributed by atoms with Crippen molar-refractivity contribution in [2.24, 2.45) is 0 Å². The van der Waals surface area contributed by atoms with Crippen LogP contribution in [0.2, 0.25) is 0 Å². The molecule has 0 amide bonds. The molecule has 0 aliphatic heterocycles. The van der Waals surface area contributed by atoms with Gasteiger partial charge in [-0.05, 0) is 6.92 Å². The summed E-state index contributed by atoms with van der Waals surface area (Å²) in [5.74, 6) is -0.0625. The van der Waals surface area contributed by atoms with Crippen LogP contribution >= 0.6 is 15.9 Å². The van der Waals surface area contributed by atoms with Crippen molar-refractivity contribution in [3.05, 3.63) is 0 Å². The van der Waals surface area contributed by atoms with E-state index in [1.54, 1.807) is 13.0 Å². The van der Waals surface area contributed by atoms with E-state index in [0.717, 1.165) is 0 Å². The minimum Gasteiger partial charge on any atom is -0.297 e.